The van der Waals surface area contributed by atoms with E-state index in [0.717, 1.165) is 5.75 Å². The van der Waals surface area contributed by atoms with E-state index in [0.29, 0.717) is 13.2 Å². The van der Waals surface area contributed by atoms with Gasteiger partial charge in [0.05, 0.1) is 6.54 Å². The summed E-state index contributed by atoms with van der Waals surface area (Å²) in [6, 6.07) is 13.2. The molecule has 0 radical (unpaired) electrons. The van der Waals surface area contributed by atoms with Crippen molar-refractivity contribution >= 4 is 5.91 Å². The Balaban J connectivity index is 1.79. The first-order valence-electron chi connectivity index (χ1n) is 6.15. The fourth-order valence-electron chi connectivity index (χ4n) is 1.62. The number of carbonyl (C=O) groups is 1. The average Bonchev–Trinajstić information content (AvgIpc) is 2.47. The molecule has 0 aliphatic heterocycles. The number of amides is 1. The zero-order valence-electron chi connectivity index (χ0n) is 10.7. The van der Waals surface area contributed by atoms with Crippen LogP contribution in [-0.2, 0) is 0 Å². The monoisotopic (exact) mass is 273 g/mol. The van der Waals surface area contributed by atoms with Crippen LogP contribution in [0.3, 0.4) is 0 Å². The van der Waals surface area contributed by atoms with Crippen molar-refractivity contribution in [3.8, 4) is 17.2 Å². The molecular formula is C15H15NO4. The maximum Gasteiger partial charge on any atom is 0.251 e. The third-order valence-corrected chi connectivity index (χ3v) is 2.64. The van der Waals surface area contributed by atoms with E-state index < -0.39 is 0 Å². The van der Waals surface area contributed by atoms with Gasteiger partial charge in [0, 0.05) is 5.56 Å². The van der Waals surface area contributed by atoms with Gasteiger partial charge in [0.15, 0.2) is 11.5 Å². The minimum atomic E-state index is -0.336. The highest BCUT2D eigenvalue weighted by Crippen LogP contribution is 2.24. The molecule has 0 aromatic heterocycles. The summed E-state index contributed by atoms with van der Waals surface area (Å²) >= 11 is 0. The van der Waals surface area contributed by atoms with Gasteiger partial charge in [-0.15, -0.1) is 0 Å². The van der Waals surface area contributed by atoms with Crippen LogP contribution in [0.5, 0.6) is 17.2 Å². The van der Waals surface area contributed by atoms with E-state index in [1.165, 1.54) is 18.2 Å². The highest BCUT2D eigenvalue weighted by atomic mass is 16.5. The van der Waals surface area contributed by atoms with Crippen LogP contribution in [0.2, 0.25) is 0 Å². The molecule has 0 aliphatic carbocycles. The quantitative estimate of drug-likeness (QED) is 0.574. The molecule has 5 heteroatoms. The second-order valence-electron chi connectivity index (χ2n) is 4.12. The molecule has 2 aromatic carbocycles. The van der Waals surface area contributed by atoms with Crippen LogP contribution in [0, 0.1) is 0 Å². The lowest BCUT2D eigenvalue weighted by atomic mass is 10.2. The van der Waals surface area contributed by atoms with Gasteiger partial charge in [-0.1, -0.05) is 18.2 Å². The number of phenols is 2. The zero-order chi connectivity index (χ0) is 14.4. The molecule has 0 aliphatic rings. The Bertz CT molecular complexity index is 584. The lowest BCUT2D eigenvalue weighted by Gasteiger charge is -2.08. The van der Waals surface area contributed by atoms with E-state index in [2.05, 4.69) is 5.32 Å². The number of hydrogen-bond donors (Lipinski definition) is 3. The summed E-state index contributed by atoms with van der Waals surface area (Å²) in [6.45, 7) is 0.690. The van der Waals surface area contributed by atoms with Crippen molar-refractivity contribution in [2.75, 3.05) is 13.2 Å². The van der Waals surface area contributed by atoms with E-state index in [1.807, 2.05) is 30.3 Å². The van der Waals surface area contributed by atoms with Crippen molar-refractivity contribution < 1.29 is 19.7 Å². The highest BCUT2D eigenvalue weighted by molar-refractivity contribution is 5.94. The van der Waals surface area contributed by atoms with Gasteiger partial charge in [-0.05, 0) is 30.3 Å². The van der Waals surface area contributed by atoms with Crippen molar-refractivity contribution in [2.24, 2.45) is 0 Å². The van der Waals surface area contributed by atoms with Gasteiger partial charge in [-0.2, -0.15) is 0 Å². The molecular weight excluding hydrogens is 258 g/mol. The van der Waals surface area contributed by atoms with Gasteiger partial charge < -0.3 is 20.3 Å². The Labute approximate surface area is 116 Å². The summed E-state index contributed by atoms with van der Waals surface area (Å²) in [6.07, 6.45) is 0. The molecule has 0 heterocycles. The third-order valence-electron chi connectivity index (χ3n) is 2.64. The van der Waals surface area contributed by atoms with Crippen molar-refractivity contribution in [3.05, 3.63) is 54.1 Å². The van der Waals surface area contributed by atoms with Gasteiger partial charge in [0.1, 0.15) is 12.4 Å². The number of hydrogen-bond acceptors (Lipinski definition) is 4. The largest absolute Gasteiger partial charge is 0.504 e. The molecule has 0 unspecified atom stereocenters. The van der Waals surface area contributed by atoms with E-state index in [-0.39, 0.29) is 23.0 Å². The number of ether oxygens (including phenoxy) is 1. The van der Waals surface area contributed by atoms with Crippen LogP contribution < -0.4 is 10.1 Å². The topological polar surface area (TPSA) is 78.8 Å². The smallest absolute Gasteiger partial charge is 0.251 e. The van der Waals surface area contributed by atoms with Crippen LogP contribution in [0.4, 0.5) is 0 Å². The Morgan fingerprint density at radius 2 is 1.80 bits per heavy atom. The van der Waals surface area contributed by atoms with Crippen LogP contribution in [0.1, 0.15) is 10.4 Å². The third kappa shape index (κ3) is 3.65. The molecule has 0 bridgehead atoms. The summed E-state index contributed by atoms with van der Waals surface area (Å²) in [4.78, 5) is 11.8. The number of nitrogens with one attached hydrogen (secondary N) is 1. The zero-order valence-corrected chi connectivity index (χ0v) is 10.7. The number of aromatic hydroxyl groups is 2. The molecule has 0 saturated heterocycles. The second-order valence-corrected chi connectivity index (χ2v) is 4.12. The van der Waals surface area contributed by atoms with E-state index >= 15 is 0 Å². The summed E-state index contributed by atoms with van der Waals surface area (Å²) in [5.74, 6) is -0.173. The average molecular weight is 273 g/mol. The molecule has 104 valence electrons. The second kappa shape index (κ2) is 6.47. The standard InChI is InChI=1S/C15H15NO4/c17-13-7-6-11(10-14(13)18)15(19)16-8-9-20-12-4-2-1-3-5-12/h1-7,10,17-18H,8-9H2,(H,16,19). The molecule has 2 aromatic rings. The molecule has 20 heavy (non-hydrogen) atoms. The molecule has 1 amide bonds. The summed E-state index contributed by atoms with van der Waals surface area (Å²) < 4.78 is 5.43. The Kier molecular flexibility index (Phi) is 4.44. The Morgan fingerprint density at radius 1 is 1.05 bits per heavy atom. The maximum absolute atomic E-state index is 11.8. The van der Waals surface area contributed by atoms with Crippen molar-refractivity contribution in [1.29, 1.82) is 0 Å². The summed E-state index contributed by atoms with van der Waals surface area (Å²) in [5.41, 5.74) is 0.278. The summed E-state index contributed by atoms with van der Waals surface area (Å²) in [7, 11) is 0. The van der Waals surface area contributed by atoms with Gasteiger partial charge in [-0.3, -0.25) is 4.79 Å². The first-order valence-corrected chi connectivity index (χ1v) is 6.15. The number of rotatable bonds is 5. The van der Waals surface area contributed by atoms with Crippen LogP contribution in [-0.4, -0.2) is 29.3 Å². The molecule has 5 nitrogen and oxygen atoms in total. The first-order chi connectivity index (χ1) is 9.66. The van der Waals surface area contributed by atoms with Gasteiger partial charge >= 0.3 is 0 Å². The lowest BCUT2D eigenvalue weighted by Crippen LogP contribution is -2.28. The van der Waals surface area contributed by atoms with Crippen molar-refractivity contribution in [3.63, 3.8) is 0 Å². The van der Waals surface area contributed by atoms with E-state index in [4.69, 9.17) is 9.84 Å². The highest BCUT2D eigenvalue weighted by Gasteiger charge is 2.08. The van der Waals surface area contributed by atoms with Crippen LogP contribution in [0.15, 0.2) is 48.5 Å². The number of carbonyl (C=O) groups excluding carboxylic acids is 1. The van der Waals surface area contributed by atoms with Crippen molar-refractivity contribution in [2.45, 2.75) is 0 Å². The molecule has 2 rings (SSSR count). The molecule has 0 fully saturated rings. The van der Waals surface area contributed by atoms with E-state index in [1.54, 1.807) is 0 Å². The van der Waals surface area contributed by atoms with Gasteiger partial charge in [0.25, 0.3) is 5.91 Å². The number of benzene rings is 2. The fraction of sp³-hybridized carbons (Fsp3) is 0.133. The predicted molar refractivity (Wildman–Crippen MR) is 74.0 cm³/mol. The van der Waals surface area contributed by atoms with Crippen LogP contribution >= 0.6 is 0 Å². The molecule has 3 N–H and O–H groups in total. The normalized spacial score (nSPS) is 10.0. The van der Waals surface area contributed by atoms with E-state index in [9.17, 15) is 9.90 Å². The number of para-hydroxylation sites is 1. The first kappa shape index (κ1) is 13.7. The minimum Gasteiger partial charge on any atom is -0.504 e. The fourth-order valence-corrected chi connectivity index (χ4v) is 1.62. The summed E-state index contributed by atoms with van der Waals surface area (Å²) in [5, 5.41) is 21.1. The molecule has 0 spiro atoms. The van der Waals surface area contributed by atoms with Gasteiger partial charge in [-0.25, -0.2) is 0 Å². The van der Waals surface area contributed by atoms with Crippen LogP contribution in [0.25, 0.3) is 0 Å². The lowest BCUT2D eigenvalue weighted by molar-refractivity contribution is 0.0946. The Morgan fingerprint density at radius 3 is 2.50 bits per heavy atom. The number of phenolic OH excluding ortho intramolecular Hbond substituents is 2. The predicted octanol–water partition coefficient (Wildman–Crippen LogP) is 1.91. The Hall–Kier alpha value is -2.69. The minimum absolute atomic E-state index is 0.256. The molecule has 0 atom stereocenters. The van der Waals surface area contributed by atoms with Crippen molar-refractivity contribution in [1.82, 2.24) is 5.32 Å². The molecule has 0 saturated carbocycles. The maximum atomic E-state index is 11.8. The SMILES string of the molecule is O=C(NCCOc1ccccc1)c1ccc(O)c(O)c1. The van der Waals surface area contributed by atoms with Gasteiger partial charge in [0.2, 0.25) is 0 Å².